The quantitative estimate of drug-likeness (QED) is 0.786. The number of hydrogen-bond acceptors (Lipinski definition) is 2. The van der Waals surface area contributed by atoms with Crippen molar-refractivity contribution in [2.45, 2.75) is 52.1 Å². The van der Waals surface area contributed by atoms with Crippen molar-refractivity contribution in [3.05, 3.63) is 29.8 Å². The fourth-order valence-corrected chi connectivity index (χ4v) is 1.57. The molecule has 0 aliphatic rings. The summed E-state index contributed by atoms with van der Waals surface area (Å²) in [6.07, 6.45) is 0.383. The van der Waals surface area contributed by atoms with Crippen LogP contribution in [0.3, 0.4) is 0 Å². The van der Waals surface area contributed by atoms with Gasteiger partial charge in [-0.1, -0.05) is 32.9 Å². The van der Waals surface area contributed by atoms with Gasteiger partial charge in [-0.15, -0.1) is 0 Å². The highest BCUT2D eigenvalue weighted by atomic mass is 16.5. The van der Waals surface area contributed by atoms with Crippen LogP contribution in [0.1, 0.15) is 46.6 Å². The van der Waals surface area contributed by atoms with Crippen molar-refractivity contribution in [3.8, 4) is 11.8 Å². The molecule has 17 heavy (non-hydrogen) atoms. The molecule has 0 spiro atoms. The molecule has 92 valence electrons. The molecule has 2 heteroatoms. The van der Waals surface area contributed by atoms with E-state index in [0.29, 0.717) is 6.42 Å². The van der Waals surface area contributed by atoms with Crippen LogP contribution in [0.5, 0.6) is 5.75 Å². The number of hydrogen-bond donors (Lipinski definition) is 0. The van der Waals surface area contributed by atoms with Crippen LogP contribution in [-0.2, 0) is 5.41 Å². The number of benzene rings is 1. The van der Waals surface area contributed by atoms with Gasteiger partial charge in [0.2, 0.25) is 0 Å². The molecule has 0 heterocycles. The molecular weight excluding hydrogens is 210 g/mol. The first-order chi connectivity index (χ1) is 7.74. The van der Waals surface area contributed by atoms with Crippen molar-refractivity contribution in [3.63, 3.8) is 0 Å². The molecule has 0 aromatic heterocycles. The summed E-state index contributed by atoms with van der Waals surface area (Å²) < 4.78 is 5.79. The van der Waals surface area contributed by atoms with Crippen molar-refractivity contribution >= 4 is 0 Å². The summed E-state index contributed by atoms with van der Waals surface area (Å²) in [6, 6.07) is 10.2. The van der Waals surface area contributed by atoms with Gasteiger partial charge in [-0.2, -0.15) is 5.26 Å². The first kappa shape index (κ1) is 13.6. The maximum Gasteiger partial charge on any atom is 0.120 e. The van der Waals surface area contributed by atoms with Crippen molar-refractivity contribution < 1.29 is 4.74 Å². The first-order valence-electron chi connectivity index (χ1n) is 5.91. The van der Waals surface area contributed by atoms with Crippen molar-refractivity contribution in [1.29, 1.82) is 5.26 Å². The minimum atomic E-state index is -0.433. The summed E-state index contributed by atoms with van der Waals surface area (Å²) in [6.45, 7) is 10.4. The van der Waals surface area contributed by atoms with Crippen LogP contribution in [0.25, 0.3) is 0 Å². The predicted octanol–water partition coefficient (Wildman–Crippen LogP) is 4.06. The maximum absolute atomic E-state index is 8.70. The minimum absolute atomic E-state index is 0.153. The third-order valence-electron chi connectivity index (χ3n) is 2.62. The fraction of sp³-hybridized carbons (Fsp3) is 0.533. The van der Waals surface area contributed by atoms with Gasteiger partial charge in [0.1, 0.15) is 11.4 Å². The highest BCUT2D eigenvalue weighted by Crippen LogP contribution is 2.26. The largest absolute Gasteiger partial charge is 0.487 e. The molecule has 0 unspecified atom stereocenters. The zero-order valence-electron chi connectivity index (χ0n) is 11.4. The van der Waals surface area contributed by atoms with E-state index < -0.39 is 5.60 Å². The third kappa shape index (κ3) is 4.11. The number of nitriles is 1. The number of nitrogens with zero attached hydrogens (tertiary/aromatic N) is 1. The zero-order chi connectivity index (χ0) is 13.1. The molecule has 0 aliphatic carbocycles. The number of rotatable bonds is 3. The Kier molecular flexibility index (Phi) is 3.83. The van der Waals surface area contributed by atoms with Crippen LogP contribution in [0.2, 0.25) is 0 Å². The Hall–Kier alpha value is -1.49. The van der Waals surface area contributed by atoms with Crippen molar-refractivity contribution in [2.75, 3.05) is 0 Å². The van der Waals surface area contributed by atoms with Crippen LogP contribution >= 0.6 is 0 Å². The van der Waals surface area contributed by atoms with Gasteiger partial charge in [0.25, 0.3) is 0 Å². The Labute approximate surface area is 104 Å². The van der Waals surface area contributed by atoms with Gasteiger partial charge in [-0.05, 0) is 37.0 Å². The lowest BCUT2D eigenvalue weighted by atomic mass is 9.87. The molecule has 0 saturated carbocycles. The molecule has 1 aromatic carbocycles. The van der Waals surface area contributed by atoms with E-state index in [1.165, 1.54) is 5.56 Å². The SMILES string of the molecule is CC(C)(CC#N)Oc1ccc(C(C)(C)C)cc1. The number of ether oxygens (including phenoxy) is 1. The van der Waals surface area contributed by atoms with E-state index in [1.807, 2.05) is 26.0 Å². The summed E-state index contributed by atoms with van der Waals surface area (Å²) in [5, 5.41) is 8.70. The average Bonchev–Trinajstić information content (AvgIpc) is 2.16. The molecule has 0 fully saturated rings. The van der Waals surface area contributed by atoms with Gasteiger partial charge in [-0.25, -0.2) is 0 Å². The fourth-order valence-electron chi connectivity index (χ4n) is 1.57. The molecule has 2 nitrogen and oxygen atoms in total. The highest BCUT2D eigenvalue weighted by molar-refractivity contribution is 5.31. The van der Waals surface area contributed by atoms with Gasteiger partial charge in [0.05, 0.1) is 12.5 Å². The van der Waals surface area contributed by atoms with E-state index in [0.717, 1.165) is 5.75 Å². The van der Waals surface area contributed by atoms with Crippen LogP contribution < -0.4 is 4.74 Å². The summed E-state index contributed by atoms with van der Waals surface area (Å²) in [4.78, 5) is 0. The molecule has 0 bridgehead atoms. The molecule has 0 saturated heterocycles. The van der Waals surface area contributed by atoms with Crippen LogP contribution in [0.15, 0.2) is 24.3 Å². The molecule has 1 rings (SSSR count). The van der Waals surface area contributed by atoms with E-state index in [9.17, 15) is 0 Å². The van der Waals surface area contributed by atoms with Crippen molar-refractivity contribution in [1.82, 2.24) is 0 Å². The average molecular weight is 231 g/mol. The Morgan fingerprint density at radius 1 is 1.06 bits per heavy atom. The smallest absolute Gasteiger partial charge is 0.120 e. The Morgan fingerprint density at radius 2 is 1.59 bits per heavy atom. The Morgan fingerprint density at radius 3 is 2.00 bits per heavy atom. The monoisotopic (exact) mass is 231 g/mol. The van der Waals surface area contributed by atoms with Gasteiger partial charge < -0.3 is 4.74 Å². The zero-order valence-corrected chi connectivity index (χ0v) is 11.4. The summed E-state index contributed by atoms with van der Waals surface area (Å²) in [7, 11) is 0. The lowest BCUT2D eigenvalue weighted by Crippen LogP contribution is -2.27. The molecule has 0 N–H and O–H groups in total. The first-order valence-corrected chi connectivity index (χ1v) is 5.91. The van der Waals surface area contributed by atoms with Crippen LogP contribution in [-0.4, -0.2) is 5.60 Å². The summed E-state index contributed by atoms with van der Waals surface area (Å²) >= 11 is 0. The second-order valence-electron chi connectivity index (χ2n) is 5.97. The van der Waals surface area contributed by atoms with E-state index >= 15 is 0 Å². The Balaban J connectivity index is 2.80. The van der Waals surface area contributed by atoms with E-state index in [2.05, 4.69) is 39.0 Å². The van der Waals surface area contributed by atoms with Gasteiger partial charge >= 0.3 is 0 Å². The maximum atomic E-state index is 8.70. The van der Waals surface area contributed by atoms with Gasteiger partial charge in [0, 0.05) is 0 Å². The molecular formula is C15H21NO. The van der Waals surface area contributed by atoms with Gasteiger partial charge in [-0.3, -0.25) is 0 Å². The lowest BCUT2D eigenvalue weighted by Gasteiger charge is -2.24. The molecule has 0 radical (unpaired) electrons. The summed E-state index contributed by atoms with van der Waals surface area (Å²) in [5.41, 5.74) is 1.00. The lowest BCUT2D eigenvalue weighted by molar-refractivity contribution is 0.115. The molecule has 0 atom stereocenters. The molecule has 0 amide bonds. The van der Waals surface area contributed by atoms with Crippen LogP contribution in [0.4, 0.5) is 0 Å². The van der Waals surface area contributed by atoms with Gasteiger partial charge in [0.15, 0.2) is 0 Å². The molecule has 0 aliphatic heterocycles. The standard InChI is InChI=1S/C15H21NO/c1-14(2,3)12-6-8-13(9-7-12)17-15(4,5)10-11-16/h6-9H,10H2,1-5H3. The predicted molar refractivity (Wildman–Crippen MR) is 70.1 cm³/mol. The normalized spacial score (nSPS) is 12.0. The minimum Gasteiger partial charge on any atom is -0.487 e. The van der Waals surface area contributed by atoms with E-state index in [4.69, 9.17) is 10.00 Å². The second kappa shape index (κ2) is 4.79. The molecule has 1 aromatic rings. The third-order valence-corrected chi connectivity index (χ3v) is 2.62. The topological polar surface area (TPSA) is 33.0 Å². The van der Waals surface area contributed by atoms with Crippen LogP contribution in [0, 0.1) is 11.3 Å². The Bertz CT molecular complexity index is 404. The summed E-state index contributed by atoms with van der Waals surface area (Å²) in [5.74, 6) is 0.818. The highest BCUT2D eigenvalue weighted by Gasteiger charge is 2.20. The second-order valence-corrected chi connectivity index (χ2v) is 5.97. The van der Waals surface area contributed by atoms with E-state index in [-0.39, 0.29) is 5.41 Å². The van der Waals surface area contributed by atoms with Crippen molar-refractivity contribution in [2.24, 2.45) is 0 Å². The van der Waals surface area contributed by atoms with E-state index in [1.54, 1.807) is 0 Å².